The van der Waals surface area contributed by atoms with Gasteiger partial charge in [0.1, 0.15) is 11.5 Å². The van der Waals surface area contributed by atoms with Crippen LogP contribution in [0.15, 0.2) is 30.3 Å². The fraction of sp³-hybridized carbons (Fsp3) is 0.409. The van der Waals surface area contributed by atoms with E-state index in [0.29, 0.717) is 23.1 Å². The zero-order valence-electron chi connectivity index (χ0n) is 15.7. The van der Waals surface area contributed by atoms with Crippen LogP contribution < -0.4 is 0 Å². The number of phenolic OH excluding ortho intramolecular Hbond substituents is 2. The van der Waals surface area contributed by atoms with Crippen molar-refractivity contribution < 1.29 is 20.1 Å². The lowest BCUT2D eigenvalue weighted by Gasteiger charge is -2.24. The van der Waals surface area contributed by atoms with Crippen LogP contribution in [0.2, 0.25) is 0 Å². The zero-order chi connectivity index (χ0) is 19.3. The van der Waals surface area contributed by atoms with E-state index in [4.69, 9.17) is 5.11 Å². The van der Waals surface area contributed by atoms with E-state index in [9.17, 15) is 15.0 Å². The van der Waals surface area contributed by atoms with Crippen molar-refractivity contribution in [3.63, 3.8) is 0 Å². The molecule has 0 saturated heterocycles. The van der Waals surface area contributed by atoms with Crippen LogP contribution in [0.4, 0.5) is 0 Å². The first-order valence-corrected chi connectivity index (χ1v) is 9.12. The summed E-state index contributed by atoms with van der Waals surface area (Å²) >= 11 is 0. The summed E-state index contributed by atoms with van der Waals surface area (Å²) in [5.41, 5.74) is 3.98. The Morgan fingerprint density at radius 1 is 0.885 bits per heavy atom. The largest absolute Gasteiger partial charge is 0.507 e. The topological polar surface area (TPSA) is 77.8 Å². The molecule has 26 heavy (non-hydrogen) atoms. The monoisotopic (exact) mass is 356 g/mol. The number of aromatic hydroxyl groups is 2. The highest BCUT2D eigenvalue weighted by molar-refractivity contribution is 5.66. The molecular weight excluding hydrogens is 328 g/mol. The number of hydrogen-bond acceptors (Lipinski definition) is 3. The Kier molecular flexibility index (Phi) is 6.67. The van der Waals surface area contributed by atoms with E-state index in [1.807, 2.05) is 51.1 Å². The fourth-order valence-electron chi connectivity index (χ4n) is 3.53. The molecule has 2 aromatic carbocycles. The van der Waals surface area contributed by atoms with Crippen LogP contribution in [0.1, 0.15) is 65.8 Å². The van der Waals surface area contributed by atoms with E-state index < -0.39 is 5.97 Å². The van der Waals surface area contributed by atoms with Gasteiger partial charge in [-0.05, 0) is 55.9 Å². The third-order valence-electron chi connectivity index (χ3n) is 5.22. The Labute approximate surface area is 155 Å². The van der Waals surface area contributed by atoms with Gasteiger partial charge in [0.25, 0.3) is 0 Å². The Balaban J connectivity index is 2.35. The van der Waals surface area contributed by atoms with Crippen molar-refractivity contribution in [2.24, 2.45) is 0 Å². The molecule has 1 atom stereocenters. The molecule has 0 fully saturated rings. The lowest BCUT2D eigenvalue weighted by atomic mass is 9.82. The molecule has 0 bridgehead atoms. The predicted octanol–water partition coefficient (Wildman–Crippen LogP) is 5.19. The van der Waals surface area contributed by atoms with Crippen LogP contribution in [-0.2, 0) is 4.79 Å². The first kappa shape index (κ1) is 19.8. The third-order valence-corrected chi connectivity index (χ3v) is 5.22. The molecule has 2 rings (SSSR count). The molecule has 0 spiro atoms. The van der Waals surface area contributed by atoms with Crippen LogP contribution in [0.25, 0.3) is 0 Å². The second kappa shape index (κ2) is 8.75. The first-order chi connectivity index (χ1) is 12.3. The van der Waals surface area contributed by atoms with Gasteiger partial charge in [-0.15, -0.1) is 0 Å². The van der Waals surface area contributed by atoms with Crippen molar-refractivity contribution >= 4 is 5.97 Å². The van der Waals surface area contributed by atoms with Crippen LogP contribution in [-0.4, -0.2) is 21.3 Å². The summed E-state index contributed by atoms with van der Waals surface area (Å²) in [7, 11) is 0. The maximum atomic E-state index is 10.8. The SMILES string of the molecule is Cc1c(C)c(O)c([C@@H](CCCCCC(=O)O)c2ccccc2)c(C)c1O. The highest BCUT2D eigenvalue weighted by Crippen LogP contribution is 2.44. The maximum absolute atomic E-state index is 10.8. The van der Waals surface area contributed by atoms with Gasteiger partial charge in [0, 0.05) is 17.9 Å². The van der Waals surface area contributed by atoms with Gasteiger partial charge in [-0.3, -0.25) is 4.79 Å². The molecule has 0 unspecified atom stereocenters. The predicted molar refractivity (Wildman–Crippen MR) is 103 cm³/mol. The molecule has 0 aliphatic heterocycles. The Morgan fingerprint density at radius 2 is 1.50 bits per heavy atom. The Bertz CT molecular complexity index is 736. The zero-order valence-corrected chi connectivity index (χ0v) is 15.7. The van der Waals surface area contributed by atoms with Gasteiger partial charge in [-0.1, -0.05) is 43.2 Å². The first-order valence-electron chi connectivity index (χ1n) is 9.12. The number of carboxylic acids is 1. The van der Waals surface area contributed by atoms with E-state index in [1.165, 1.54) is 0 Å². The van der Waals surface area contributed by atoms with Gasteiger partial charge in [0.15, 0.2) is 0 Å². The van der Waals surface area contributed by atoms with Crippen molar-refractivity contribution in [3.8, 4) is 11.5 Å². The molecule has 0 radical (unpaired) electrons. The van der Waals surface area contributed by atoms with E-state index in [0.717, 1.165) is 30.4 Å². The molecule has 0 amide bonds. The van der Waals surface area contributed by atoms with Crippen LogP contribution in [0.5, 0.6) is 11.5 Å². The number of carbonyl (C=O) groups is 1. The molecule has 3 N–H and O–H groups in total. The summed E-state index contributed by atoms with van der Waals surface area (Å²) < 4.78 is 0. The van der Waals surface area contributed by atoms with Gasteiger partial charge in [-0.2, -0.15) is 0 Å². The highest BCUT2D eigenvalue weighted by Gasteiger charge is 2.24. The van der Waals surface area contributed by atoms with E-state index in [1.54, 1.807) is 0 Å². The molecule has 0 heterocycles. The molecule has 0 aliphatic carbocycles. The third kappa shape index (κ3) is 4.37. The summed E-state index contributed by atoms with van der Waals surface area (Å²) in [6.07, 6.45) is 3.32. The van der Waals surface area contributed by atoms with Gasteiger partial charge < -0.3 is 15.3 Å². The Morgan fingerprint density at radius 3 is 2.12 bits per heavy atom. The number of carboxylic acid groups (broad SMARTS) is 1. The van der Waals surface area contributed by atoms with Gasteiger partial charge in [0.05, 0.1) is 0 Å². The second-order valence-corrected chi connectivity index (χ2v) is 6.94. The fourth-order valence-corrected chi connectivity index (χ4v) is 3.53. The molecule has 4 nitrogen and oxygen atoms in total. The maximum Gasteiger partial charge on any atom is 0.303 e. The minimum absolute atomic E-state index is 0.0359. The number of hydrogen-bond donors (Lipinski definition) is 3. The molecule has 140 valence electrons. The second-order valence-electron chi connectivity index (χ2n) is 6.94. The number of rotatable bonds is 8. The molecular formula is C22H28O4. The highest BCUT2D eigenvalue weighted by atomic mass is 16.4. The minimum Gasteiger partial charge on any atom is -0.507 e. The summed E-state index contributed by atoms with van der Waals surface area (Å²) in [4.78, 5) is 10.7. The van der Waals surface area contributed by atoms with Crippen molar-refractivity contribution in [2.75, 3.05) is 0 Å². The number of unbranched alkanes of at least 4 members (excludes halogenated alkanes) is 2. The average Bonchev–Trinajstić information content (AvgIpc) is 2.63. The van der Waals surface area contributed by atoms with E-state index >= 15 is 0 Å². The van der Waals surface area contributed by atoms with Gasteiger partial charge >= 0.3 is 5.97 Å². The smallest absolute Gasteiger partial charge is 0.303 e. The van der Waals surface area contributed by atoms with Crippen molar-refractivity contribution in [2.45, 2.75) is 58.8 Å². The van der Waals surface area contributed by atoms with E-state index in [2.05, 4.69) is 0 Å². The van der Waals surface area contributed by atoms with Crippen molar-refractivity contribution in [3.05, 3.63) is 58.1 Å². The van der Waals surface area contributed by atoms with E-state index in [-0.39, 0.29) is 23.8 Å². The summed E-state index contributed by atoms with van der Waals surface area (Å²) in [6.45, 7) is 5.48. The summed E-state index contributed by atoms with van der Waals surface area (Å²) in [5, 5.41) is 30.1. The Hall–Kier alpha value is -2.49. The lowest BCUT2D eigenvalue weighted by Crippen LogP contribution is -2.06. The summed E-state index contributed by atoms with van der Waals surface area (Å²) in [6, 6.07) is 9.97. The molecule has 0 aliphatic rings. The van der Waals surface area contributed by atoms with Crippen LogP contribution in [0, 0.1) is 20.8 Å². The molecule has 0 aromatic heterocycles. The molecule has 4 heteroatoms. The van der Waals surface area contributed by atoms with Crippen molar-refractivity contribution in [1.82, 2.24) is 0 Å². The minimum atomic E-state index is -0.767. The number of phenols is 2. The van der Waals surface area contributed by atoms with Crippen LogP contribution in [0.3, 0.4) is 0 Å². The number of benzene rings is 2. The van der Waals surface area contributed by atoms with Crippen molar-refractivity contribution in [1.29, 1.82) is 0 Å². The van der Waals surface area contributed by atoms with Gasteiger partial charge in [0.2, 0.25) is 0 Å². The average molecular weight is 356 g/mol. The molecule has 0 saturated carbocycles. The van der Waals surface area contributed by atoms with Gasteiger partial charge in [-0.25, -0.2) is 0 Å². The normalized spacial score (nSPS) is 12.1. The summed E-state index contributed by atoms with van der Waals surface area (Å²) in [5.74, 6) is -0.317. The quantitative estimate of drug-likeness (QED) is 0.449. The molecule has 2 aromatic rings. The standard InChI is InChI=1S/C22H28O4/c1-14-15(2)22(26)20(16(3)21(14)25)18(17-10-6-4-7-11-17)12-8-5-9-13-19(23)24/h4,6-7,10-11,18,25-26H,5,8-9,12-13H2,1-3H3,(H,23,24)/t18-/m0/s1. The number of aliphatic carboxylic acids is 1. The lowest BCUT2D eigenvalue weighted by molar-refractivity contribution is -0.137. The van der Waals surface area contributed by atoms with Crippen LogP contribution >= 0.6 is 0 Å².